The number of aromatic nitrogens is 1. The quantitative estimate of drug-likeness (QED) is 0.247. The van der Waals surface area contributed by atoms with Gasteiger partial charge in [0.25, 0.3) is 11.6 Å². The molecule has 4 rings (SSSR count). The number of fused-ring (bicyclic) bond motifs is 1. The summed E-state index contributed by atoms with van der Waals surface area (Å²) in [7, 11) is 0. The van der Waals surface area contributed by atoms with Crippen LogP contribution >= 0.6 is 22.9 Å². The molecule has 3 aromatic rings. The first kappa shape index (κ1) is 24.3. The van der Waals surface area contributed by atoms with Gasteiger partial charge in [-0.1, -0.05) is 22.9 Å². The van der Waals surface area contributed by atoms with Crippen molar-refractivity contribution in [1.82, 2.24) is 9.88 Å². The highest BCUT2D eigenvalue weighted by atomic mass is 35.5. The highest BCUT2D eigenvalue weighted by molar-refractivity contribution is 7.22. The van der Waals surface area contributed by atoms with Gasteiger partial charge in [0.05, 0.1) is 28.4 Å². The first-order valence-electron chi connectivity index (χ1n) is 11.0. The second-order valence-corrected chi connectivity index (χ2v) is 9.49. The van der Waals surface area contributed by atoms with Gasteiger partial charge < -0.3 is 4.74 Å². The van der Waals surface area contributed by atoms with Crippen molar-refractivity contribution in [2.45, 2.75) is 13.3 Å². The van der Waals surface area contributed by atoms with Gasteiger partial charge in [0.15, 0.2) is 5.13 Å². The van der Waals surface area contributed by atoms with Crippen molar-refractivity contribution < 1.29 is 14.5 Å². The third kappa shape index (κ3) is 5.98. The molecule has 0 bridgehead atoms. The van der Waals surface area contributed by atoms with E-state index >= 15 is 0 Å². The summed E-state index contributed by atoms with van der Waals surface area (Å²) in [4.78, 5) is 32.4. The van der Waals surface area contributed by atoms with Crippen LogP contribution in [0.1, 0.15) is 17.5 Å². The fourth-order valence-electron chi connectivity index (χ4n) is 3.80. The second-order valence-electron chi connectivity index (χ2n) is 8.05. The molecule has 0 aliphatic carbocycles. The number of nitrogens with zero attached hydrogens (tertiary/aromatic N) is 4. The topological polar surface area (TPSA) is 88.8 Å². The summed E-state index contributed by atoms with van der Waals surface area (Å²) in [6, 6.07) is 9.82. The molecule has 1 saturated heterocycles. The van der Waals surface area contributed by atoms with Gasteiger partial charge in [-0.2, -0.15) is 0 Å². The molecular formula is C24H25ClN4O4S. The number of hydrogen-bond donors (Lipinski definition) is 0. The van der Waals surface area contributed by atoms with E-state index in [-0.39, 0.29) is 11.6 Å². The highest BCUT2D eigenvalue weighted by Crippen LogP contribution is 2.33. The number of hydrogen-bond acceptors (Lipinski definition) is 7. The standard InChI is InChI=1S/C24H25ClN4O4S/c1-17-15-19(25)16-21-23(17)26-24(34-21)28(10-2-9-27-11-13-33-14-12-27)22(30)8-5-18-3-6-20(7-4-18)29(31)32/h3-8,15-16H,2,9-14H2,1H3/b8-5+. The maximum absolute atomic E-state index is 13.2. The van der Waals surface area contributed by atoms with Crippen LogP contribution < -0.4 is 4.90 Å². The van der Waals surface area contributed by atoms with Gasteiger partial charge in [-0.3, -0.25) is 24.7 Å². The normalized spacial score (nSPS) is 14.6. The van der Waals surface area contributed by atoms with E-state index in [2.05, 4.69) is 4.90 Å². The van der Waals surface area contributed by atoms with Crippen LogP contribution in [0.2, 0.25) is 5.02 Å². The predicted octanol–water partition coefficient (Wildman–Crippen LogP) is 4.94. The molecule has 1 aliphatic heterocycles. The molecule has 2 aromatic carbocycles. The maximum Gasteiger partial charge on any atom is 0.269 e. The van der Waals surface area contributed by atoms with Gasteiger partial charge in [0.1, 0.15) is 0 Å². The lowest BCUT2D eigenvalue weighted by Gasteiger charge is -2.27. The first-order chi connectivity index (χ1) is 16.4. The number of anilines is 1. The Kier molecular flexibility index (Phi) is 7.89. The van der Waals surface area contributed by atoms with Gasteiger partial charge in [0, 0.05) is 49.4 Å². The number of benzene rings is 2. The van der Waals surface area contributed by atoms with E-state index in [4.69, 9.17) is 21.3 Å². The number of carbonyl (C=O) groups is 1. The smallest absolute Gasteiger partial charge is 0.269 e. The number of rotatable bonds is 8. The molecule has 0 atom stereocenters. The van der Waals surface area contributed by atoms with Crippen LogP contribution in [-0.2, 0) is 9.53 Å². The van der Waals surface area contributed by atoms with Crippen molar-refractivity contribution in [3.8, 4) is 0 Å². The van der Waals surface area contributed by atoms with E-state index in [9.17, 15) is 14.9 Å². The number of carbonyl (C=O) groups excluding carboxylic acids is 1. The number of nitro groups is 1. The van der Waals surface area contributed by atoms with Crippen LogP contribution in [0, 0.1) is 17.0 Å². The minimum absolute atomic E-state index is 0.0109. The molecule has 0 N–H and O–H groups in total. The third-order valence-corrected chi connectivity index (χ3v) is 6.86. The molecule has 1 amide bonds. The van der Waals surface area contributed by atoms with Crippen molar-refractivity contribution in [2.24, 2.45) is 0 Å². The largest absolute Gasteiger partial charge is 0.379 e. The molecule has 2 heterocycles. The molecule has 1 fully saturated rings. The van der Waals surface area contributed by atoms with Crippen LogP contribution in [0.4, 0.5) is 10.8 Å². The van der Waals surface area contributed by atoms with E-state index in [0.717, 1.165) is 55.0 Å². The summed E-state index contributed by atoms with van der Waals surface area (Å²) < 4.78 is 6.35. The number of aryl methyl sites for hydroxylation is 1. The van der Waals surface area contributed by atoms with Gasteiger partial charge in [0.2, 0.25) is 0 Å². The number of halogens is 1. The third-order valence-electron chi connectivity index (χ3n) is 5.62. The summed E-state index contributed by atoms with van der Waals surface area (Å²) in [5.41, 5.74) is 2.53. The van der Waals surface area contributed by atoms with Crippen LogP contribution in [0.15, 0.2) is 42.5 Å². The minimum atomic E-state index is -0.448. The van der Waals surface area contributed by atoms with Crippen LogP contribution in [0.25, 0.3) is 16.3 Å². The Labute approximate surface area is 206 Å². The van der Waals surface area contributed by atoms with Gasteiger partial charge in [-0.25, -0.2) is 4.98 Å². The molecule has 1 aromatic heterocycles. The highest BCUT2D eigenvalue weighted by Gasteiger charge is 2.20. The molecular weight excluding hydrogens is 476 g/mol. The van der Waals surface area contributed by atoms with E-state index < -0.39 is 4.92 Å². The summed E-state index contributed by atoms with van der Waals surface area (Å²) in [5, 5.41) is 12.1. The van der Waals surface area contributed by atoms with Crippen molar-refractivity contribution >= 4 is 56.0 Å². The zero-order valence-electron chi connectivity index (χ0n) is 18.8. The number of non-ortho nitro benzene ring substituents is 1. The molecule has 34 heavy (non-hydrogen) atoms. The van der Waals surface area contributed by atoms with Crippen molar-refractivity contribution in [3.05, 3.63) is 68.7 Å². The van der Waals surface area contributed by atoms with Crippen LogP contribution in [0.3, 0.4) is 0 Å². The minimum Gasteiger partial charge on any atom is -0.379 e. The Hall–Kier alpha value is -2.85. The Balaban J connectivity index is 1.54. The number of nitro benzene ring substituents is 1. The maximum atomic E-state index is 13.2. The lowest BCUT2D eigenvalue weighted by molar-refractivity contribution is -0.384. The molecule has 1 aliphatic rings. The monoisotopic (exact) mass is 500 g/mol. The molecule has 8 nitrogen and oxygen atoms in total. The fourth-order valence-corrected chi connectivity index (χ4v) is 5.25. The average Bonchev–Trinajstić information content (AvgIpc) is 3.25. The Morgan fingerprint density at radius 2 is 2.03 bits per heavy atom. The molecule has 0 spiro atoms. The second kappa shape index (κ2) is 11.1. The summed E-state index contributed by atoms with van der Waals surface area (Å²) in [6.45, 7) is 6.61. The van der Waals surface area contributed by atoms with E-state index in [1.807, 2.05) is 19.1 Å². The Bertz CT molecular complexity index is 1210. The number of ether oxygens (including phenoxy) is 1. The van der Waals surface area contributed by atoms with Gasteiger partial charge in [-0.05, 0) is 54.8 Å². The lowest BCUT2D eigenvalue weighted by atomic mass is 10.2. The van der Waals surface area contributed by atoms with E-state index in [0.29, 0.717) is 22.3 Å². The molecule has 0 saturated carbocycles. The Morgan fingerprint density at radius 3 is 2.74 bits per heavy atom. The Morgan fingerprint density at radius 1 is 1.29 bits per heavy atom. The predicted molar refractivity (Wildman–Crippen MR) is 136 cm³/mol. The molecule has 178 valence electrons. The summed E-state index contributed by atoms with van der Waals surface area (Å²) >= 11 is 7.66. The van der Waals surface area contributed by atoms with Crippen LogP contribution in [0.5, 0.6) is 0 Å². The molecule has 0 radical (unpaired) electrons. The van der Waals surface area contributed by atoms with Crippen molar-refractivity contribution in [2.75, 3.05) is 44.3 Å². The van der Waals surface area contributed by atoms with Crippen LogP contribution in [-0.4, -0.2) is 60.1 Å². The number of amides is 1. The number of morpholine rings is 1. The first-order valence-corrected chi connectivity index (χ1v) is 12.2. The van der Waals surface area contributed by atoms with Gasteiger partial charge >= 0.3 is 0 Å². The van der Waals surface area contributed by atoms with Crippen molar-refractivity contribution in [3.63, 3.8) is 0 Å². The van der Waals surface area contributed by atoms with Crippen molar-refractivity contribution in [1.29, 1.82) is 0 Å². The van der Waals surface area contributed by atoms with E-state index in [1.54, 1.807) is 23.1 Å². The summed E-state index contributed by atoms with van der Waals surface area (Å²) in [5.74, 6) is -0.192. The summed E-state index contributed by atoms with van der Waals surface area (Å²) in [6.07, 6.45) is 3.95. The zero-order chi connectivity index (χ0) is 24.1. The van der Waals surface area contributed by atoms with Gasteiger partial charge in [-0.15, -0.1) is 0 Å². The fraction of sp³-hybridized carbons (Fsp3) is 0.333. The molecule has 0 unspecified atom stereocenters. The zero-order valence-corrected chi connectivity index (χ0v) is 20.3. The van der Waals surface area contributed by atoms with E-state index in [1.165, 1.54) is 29.5 Å². The molecule has 10 heteroatoms. The average molecular weight is 501 g/mol. The number of thiazole rings is 1. The lowest BCUT2D eigenvalue weighted by Crippen LogP contribution is -2.39. The SMILES string of the molecule is Cc1cc(Cl)cc2sc(N(CCCN3CCOCC3)C(=O)/C=C/c3ccc([N+](=O)[O-])cc3)nc12.